The van der Waals surface area contributed by atoms with Gasteiger partial charge in [0, 0.05) is 0 Å². The third-order valence-corrected chi connectivity index (χ3v) is 3.20. The minimum atomic E-state index is -4.20. The Bertz CT molecular complexity index is 209. The molecule has 0 aliphatic heterocycles. The van der Waals surface area contributed by atoms with E-state index in [1.165, 1.54) is 0 Å². The topological polar surface area (TPSA) is 0 Å². The van der Waals surface area contributed by atoms with E-state index >= 15 is 0 Å². The number of rotatable bonds is 0. The van der Waals surface area contributed by atoms with Crippen molar-refractivity contribution in [3.63, 3.8) is 0 Å². The van der Waals surface area contributed by atoms with E-state index in [0.717, 1.165) is 0 Å². The predicted molar refractivity (Wildman–Crippen MR) is 46.7 cm³/mol. The van der Waals surface area contributed by atoms with Gasteiger partial charge in [-0.25, -0.2) is 0 Å². The Balaban J connectivity index is 2.84. The summed E-state index contributed by atoms with van der Waals surface area (Å²) >= 11 is 5.69. The lowest BCUT2D eigenvalue weighted by molar-refractivity contribution is -0.188. The number of hydrogen-bond donors (Lipinski definition) is 0. The summed E-state index contributed by atoms with van der Waals surface area (Å²) in [4.78, 5) is 0. The molecule has 1 saturated carbocycles. The van der Waals surface area contributed by atoms with Gasteiger partial charge in [-0.05, 0) is 18.8 Å². The van der Waals surface area contributed by atoms with E-state index in [9.17, 15) is 13.2 Å². The molecule has 3 unspecified atom stereocenters. The standard InChI is InChI=1S/C9H12ClF3/c1-5-3-4-6(2)8(10)7(5)9(11,12)13/h5,7-8H,2-4H2,1H3. The molecule has 0 N–H and O–H groups in total. The molecule has 13 heavy (non-hydrogen) atoms. The van der Waals surface area contributed by atoms with E-state index in [0.29, 0.717) is 18.4 Å². The minimum absolute atomic E-state index is 0.395. The molecule has 3 atom stereocenters. The van der Waals surface area contributed by atoms with Crippen LogP contribution in [0.15, 0.2) is 12.2 Å². The summed E-state index contributed by atoms with van der Waals surface area (Å²) in [6.45, 7) is 5.16. The van der Waals surface area contributed by atoms with Crippen LogP contribution in [0.5, 0.6) is 0 Å². The summed E-state index contributed by atoms with van der Waals surface area (Å²) in [6.07, 6.45) is -3.05. The lowest BCUT2D eigenvalue weighted by atomic mass is 9.77. The smallest absolute Gasteiger partial charge is 0.171 e. The molecule has 0 radical (unpaired) electrons. The van der Waals surface area contributed by atoms with Crippen LogP contribution < -0.4 is 0 Å². The summed E-state index contributed by atoms with van der Waals surface area (Å²) in [5, 5.41) is -0.941. The number of halogens is 4. The summed E-state index contributed by atoms with van der Waals surface area (Å²) in [5.41, 5.74) is 0.516. The van der Waals surface area contributed by atoms with Crippen molar-refractivity contribution in [1.29, 1.82) is 0 Å². The fraction of sp³-hybridized carbons (Fsp3) is 0.778. The normalized spacial score (nSPS) is 36.4. The molecule has 1 fully saturated rings. The van der Waals surface area contributed by atoms with Crippen LogP contribution in [-0.2, 0) is 0 Å². The third kappa shape index (κ3) is 2.19. The summed E-state index contributed by atoms with van der Waals surface area (Å²) in [7, 11) is 0. The molecule has 0 saturated heterocycles. The van der Waals surface area contributed by atoms with Crippen molar-refractivity contribution in [2.75, 3.05) is 0 Å². The fourth-order valence-electron chi connectivity index (χ4n) is 1.76. The molecule has 1 aliphatic rings. The first-order valence-corrected chi connectivity index (χ1v) is 4.66. The lowest BCUT2D eigenvalue weighted by Crippen LogP contribution is -2.39. The first-order chi connectivity index (χ1) is 5.84. The van der Waals surface area contributed by atoms with Crippen molar-refractivity contribution in [3.8, 4) is 0 Å². The van der Waals surface area contributed by atoms with Crippen molar-refractivity contribution in [1.82, 2.24) is 0 Å². The van der Waals surface area contributed by atoms with E-state index in [1.54, 1.807) is 6.92 Å². The van der Waals surface area contributed by atoms with E-state index < -0.39 is 23.4 Å². The highest BCUT2D eigenvalue weighted by Gasteiger charge is 2.49. The molecule has 0 aromatic heterocycles. The van der Waals surface area contributed by atoms with Gasteiger partial charge in [-0.3, -0.25) is 0 Å². The zero-order chi connectivity index (χ0) is 10.2. The number of allylic oxidation sites excluding steroid dienone is 1. The fourth-order valence-corrected chi connectivity index (χ4v) is 2.26. The second-order valence-electron chi connectivity index (χ2n) is 3.64. The first kappa shape index (κ1) is 10.9. The Hall–Kier alpha value is -0.180. The SMILES string of the molecule is C=C1CCC(C)C(C(F)(F)F)C1Cl. The Morgan fingerprint density at radius 3 is 2.38 bits per heavy atom. The van der Waals surface area contributed by atoms with Crippen LogP contribution in [0.3, 0.4) is 0 Å². The van der Waals surface area contributed by atoms with E-state index in [4.69, 9.17) is 11.6 Å². The number of alkyl halides is 4. The predicted octanol–water partition coefficient (Wildman–Crippen LogP) is 3.76. The van der Waals surface area contributed by atoms with Gasteiger partial charge < -0.3 is 0 Å². The average molecular weight is 213 g/mol. The van der Waals surface area contributed by atoms with E-state index in [2.05, 4.69) is 6.58 Å². The monoisotopic (exact) mass is 212 g/mol. The van der Waals surface area contributed by atoms with Crippen LogP contribution in [0.2, 0.25) is 0 Å². The Morgan fingerprint density at radius 1 is 1.46 bits per heavy atom. The average Bonchev–Trinajstić information content (AvgIpc) is 1.95. The first-order valence-electron chi connectivity index (χ1n) is 4.22. The van der Waals surface area contributed by atoms with Gasteiger partial charge in [-0.2, -0.15) is 13.2 Å². The molecule has 0 nitrogen and oxygen atoms in total. The highest BCUT2D eigenvalue weighted by Crippen LogP contribution is 2.45. The summed E-state index contributed by atoms with van der Waals surface area (Å²) < 4.78 is 37.5. The van der Waals surface area contributed by atoms with Gasteiger partial charge in [0.2, 0.25) is 0 Å². The highest BCUT2D eigenvalue weighted by atomic mass is 35.5. The van der Waals surface area contributed by atoms with Crippen molar-refractivity contribution in [3.05, 3.63) is 12.2 Å². The number of hydrogen-bond acceptors (Lipinski definition) is 0. The zero-order valence-corrected chi connectivity index (χ0v) is 8.12. The Labute approximate surface area is 80.8 Å². The minimum Gasteiger partial charge on any atom is -0.171 e. The Kier molecular flexibility index (Phi) is 2.95. The molecule has 1 rings (SSSR count). The summed E-state index contributed by atoms with van der Waals surface area (Å²) in [5.74, 6) is -1.82. The van der Waals surface area contributed by atoms with Crippen molar-refractivity contribution >= 4 is 11.6 Å². The molecule has 0 aromatic rings. The zero-order valence-electron chi connectivity index (χ0n) is 7.37. The maximum absolute atomic E-state index is 12.5. The van der Waals surface area contributed by atoms with Crippen LogP contribution >= 0.6 is 11.6 Å². The van der Waals surface area contributed by atoms with Gasteiger partial charge >= 0.3 is 6.18 Å². The molecule has 0 amide bonds. The van der Waals surface area contributed by atoms with Crippen molar-refractivity contribution < 1.29 is 13.2 Å². The van der Waals surface area contributed by atoms with Crippen LogP contribution in [0, 0.1) is 11.8 Å². The maximum Gasteiger partial charge on any atom is 0.393 e. The second-order valence-corrected chi connectivity index (χ2v) is 4.11. The van der Waals surface area contributed by atoms with E-state index in [-0.39, 0.29) is 0 Å². The third-order valence-electron chi connectivity index (χ3n) is 2.62. The van der Waals surface area contributed by atoms with Crippen LogP contribution in [-0.4, -0.2) is 11.6 Å². The van der Waals surface area contributed by atoms with Gasteiger partial charge in [0.1, 0.15) is 0 Å². The van der Waals surface area contributed by atoms with Crippen LogP contribution in [0.1, 0.15) is 19.8 Å². The van der Waals surface area contributed by atoms with Crippen LogP contribution in [0.4, 0.5) is 13.2 Å². The Morgan fingerprint density at radius 2 is 2.00 bits per heavy atom. The maximum atomic E-state index is 12.5. The molecular formula is C9H12ClF3. The molecule has 76 valence electrons. The molecule has 1 aliphatic carbocycles. The molecular weight excluding hydrogens is 201 g/mol. The van der Waals surface area contributed by atoms with Crippen LogP contribution in [0.25, 0.3) is 0 Å². The quantitative estimate of drug-likeness (QED) is 0.424. The van der Waals surface area contributed by atoms with Gasteiger partial charge in [0.05, 0.1) is 11.3 Å². The largest absolute Gasteiger partial charge is 0.393 e. The molecule has 4 heteroatoms. The highest BCUT2D eigenvalue weighted by molar-refractivity contribution is 6.22. The molecule has 0 heterocycles. The second kappa shape index (κ2) is 3.52. The molecule has 0 bridgehead atoms. The van der Waals surface area contributed by atoms with Crippen molar-refractivity contribution in [2.24, 2.45) is 11.8 Å². The van der Waals surface area contributed by atoms with Gasteiger partial charge in [-0.15, -0.1) is 11.6 Å². The van der Waals surface area contributed by atoms with E-state index in [1.807, 2.05) is 0 Å². The molecule has 0 aromatic carbocycles. The van der Waals surface area contributed by atoms with Gasteiger partial charge in [-0.1, -0.05) is 19.1 Å². The summed E-state index contributed by atoms with van der Waals surface area (Å²) in [6, 6.07) is 0. The van der Waals surface area contributed by atoms with Crippen molar-refractivity contribution in [2.45, 2.75) is 31.3 Å². The molecule has 0 spiro atoms. The lowest BCUT2D eigenvalue weighted by Gasteiger charge is -2.35. The van der Waals surface area contributed by atoms with Gasteiger partial charge in [0.15, 0.2) is 0 Å². The van der Waals surface area contributed by atoms with Gasteiger partial charge in [0.25, 0.3) is 0 Å².